The Balaban J connectivity index is 2.03. The second kappa shape index (κ2) is 7.33. The van der Waals surface area contributed by atoms with Gasteiger partial charge in [0.15, 0.2) is 5.60 Å². The van der Waals surface area contributed by atoms with Crippen LogP contribution in [0.15, 0.2) is 48.5 Å². The van der Waals surface area contributed by atoms with Crippen LogP contribution in [-0.2, 0) is 14.8 Å². The molecule has 8 heteroatoms. The van der Waals surface area contributed by atoms with Crippen molar-refractivity contribution < 1.29 is 17.9 Å². The summed E-state index contributed by atoms with van der Waals surface area (Å²) in [4.78, 5) is 12.4. The standard InChI is InChI=1S/C17H19ClN2O4S/c1-17(2,24-15-10-4-12(18)5-11-15)16(21)19-13-6-8-14(9-7-13)20-25(3,22)23/h4-11,20H,1-3H3,(H,19,21). The molecule has 0 aliphatic rings. The van der Waals surface area contributed by atoms with Crippen molar-refractivity contribution in [2.45, 2.75) is 19.4 Å². The number of halogens is 1. The van der Waals surface area contributed by atoms with Gasteiger partial charge in [-0.3, -0.25) is 9.52 Å². The number of carbonyl (C=O) groups excluding carboxylic acids is 1. The Hall–Kier alpha value is -2.25. The zero-order chi connectivity index (χ0) is 18.7. The molecule has 25 heavy (non-hydrogen) atoms. The highest BCUT2D eigenvalue weighted by atomic mass is 35.5. The zero-order valence-electron chi connectivity index (χ0n) is 14.0. The van der Waals surface area contributed by atoms with Crippen LogP contribution in [0.3, 0.4) is 0 Å². The molecule has 0 atom stereocenters. The van der Waals surface area contributed by atoms with Crippen LogP contribution in [0.25, 0.3) is 0 Å². The normalized spacial score (nSPS) is 11.7. The molecular formula is C17H19ClN2O4S. The highest BCUT2D eigenvalue weighted by Gasteiger charge is 2.30. The van der Waals surface area contributed by atoms with E-state index in [1.165, 1.54) is 0 Å². The third-order valence-corrected chi connectivity index (χ3v) is 4.04. The van der Waals surface area contributed by atoms with Gasteiger partial charge in [0.1, 0.15) is 5.75 Å². The van der Waals surface area contributed by atoms with Crippen molar-refractivity contribution in [2.24, 2.45) is 0 Å². The van der Waals surface area contributed by atoms with E-state index in [1.807, 2.05) is 0 Å². The predicted molar refractivity (Wildman–Crippen MR) is 99.7 cm³/mol. The van der Waals surface area contributed by atoms with Crippen molar-refractivity contribution in [3.05, 3.63) is 53.6 Å². The summed E-state index contributed by atoms with van der Waals surface area (Å²) in [5, 5.41) is 3.32. The van der Waals surface area contributed by atoms with Crippen molar-refractivity contribution in [3.63, 3.8) is 0 Å². The Morgan fingerprint density at radius 3 is 2.04 bits per heavy atom. The van der Waals surface area contributed by atoms with E-state index in [1.54, 1.807) is 62.4 Å². The lowest BCUT2D eigenvalue weighted by Crippen LogP contribution is -2.42. The van der Waals surface area contributed by atoms with Crippen molar-refractivity contribution in [1.29, 1.82) is 0 Å². The molecule has 0 unspecified atom stereocenters. The number of nitrogens with one attached hydrogen (secondary N) is 2. The smallest absolute Gasteiger partial charge is 0.267 e. The van der Waals surface area contributed by atoms with Crippen molar-refractivity contribution in [2.75, 3.05) is 16.3 Å². The van der Waals surface area contributed by atoms with Crippen LogP contribution in [0.5, 0.6) is 5.75 Å². The van der Waals surface area contributed by atoms with E-state index in [0.29, 0.717) is 22.1 Å². The van der Waals surface area contributed by atoms with E-state index in [4.69, 9.17) is 16.3 Å². The van der Waals surface area contributed by atoms with Gasteiger partial charge in [-0.15, -0.1) is 0 Å². The minimum atomic E-state index is -3.34. The lowest BCUT2D eigenvalue weighted by molar-refractivity contribution is -0.128. The summed E-state index contributed by atoms with van der Waals surface area (Å²) >= 11 is 5.83. The summed E-state index contributed by atoms with van der Waals surface area (Å²) < 4.78 is 30.4. The Labute approximate surface area is 152 Å². The average molecular weight is 383 g/mol. The molecule has 0 aromatic heterocycles. The number of hydrogen-bond acceptors (Lipinski definition) is 4. The molecule has 0 aliphatic heterocycles. The summed E-state index contributed by atoms with van der Waals surface area (Å²) in [6, 6.07) is 13.0. The monoisotopic (exact) mass is 382 g/mol. The van der Waals surface area contributed by atoms with Gasteiger partial charge in [-0.25, -0.2) is 8.42 Å². The molecule has 0 saturated heterocycles. The van der Waals surface area contributed by atoms with Crippen LogP contribution in [-0.4, -0.2) is 26.2 Å². The fourth-order valence-corrected chi connectivity index (χ4v) is 2.65. The molecule has 0 saturated carbocycles. The van der Waals surface area contributed by atoms with Crippen LogP contribution in [0, 0.1) is 0 Å². The number of sulfonamides is 1. The fourth-order valence-electron chi connectivity index (χ4n) is 1.96. The average Bonchev–Trinajstić information content (AvgIpc) is 2.50. The van der Waals surface area contributed by atoms with Gasteiger partial charge in [-0.05, 0) is 62.4 Å². The number of hydrogen-bond donors (Lipinski definition) is 2. The topological polar surface area (TPSA) is 84.5 Å². The SMILES string of the molecule is CC(C)(Oc1ccc(Cl)cc1)C(=O)Nc1ccc(NS(C)(=O)=O)cc1. The molecule has 2 rings (SSSR count). The number of ether oxygens (including phenoxy) is 1. The lowest BCUT2D eigenvalue weighted by Gasteiger charge is -2.25. The van der Waals surface area contributed by atoms with Crippen molar-refractivity contribution in [3.8, 4) is 5.75 Å². The van der Waals surface area contributed by atoms with E-state index < -0.39 is 15.6 Å². The third-order valence-electron chi connectivity index (χ3n) is 3.18. The number of amides is 1. The van der Waals surface area contributed by atoms with Crippen LogP contribution < -0.4 is 14.8 Å². The number of rotatable bonds is 6. The van der Waals surface area contributed by atoms with E-state index in [2.05, 4.69) is 10.0 Å². The first kappa shape index (κ1) is 19.1. The highest BCUT2D eigenvalue weighted by molar-refractivity contribution is 7.92. The first-order valence-electron chi connectivity index (χ1n) is 7.39. The van der Waals surface area contributed by atoms with Gasteiger partial charge in [0, 0.05) is 16.4 Å². The molecular weight excluding hydrogens is 364 g/mol. The van der Waals surface area contributed by atoms with Gasteiger partial charge in [-0.1, -0.05) is 11.6 Å². The van der Waals surface area contributed by atoms with Gasteiger partial charge in [-0.2, -0.15) is 0 Å². The largest absolute Gasteiger partial charge is 0.478 e. The molecule has 1 amide bonds. The maximum atomic E-state index is 12.4. The molecule has 0 bridgehead atoms. The Kier molecular flexibility index (Phi) is 5.59. The molecule has 2 N–H and O–H groups in total. The summed E-state index contributed by atoms with van der Waals surface area (Å²) in [6.45, 7) is 3.30. The molecule has 0 heterocycles. The molecule has 0 spiro atoms. The van der Waals surface area contributed by atoms with E-state index >= 15 is 0 Å². The molecule has 134 valence electrons. The first-order valence-corrected chi connectivity index (χ1v) is 9.66. The Morgan fingerprint density at radius 2 is 1.52 bits per heavy atom. The van der Waals surface area contributed by atoms with Crippen LogP contribution in [0.1, 0.15) is 13.8 Å². The molecule has 0 radical (unpaired) electrons. The van der Waals surface area contributed by atoms with E-state index in [0.717, 1.165) is 6.26 Å². The predicted octanol–water partition coefficient (Wildman–Crippen LogP) is 3.51. The minimum absolute atomic E-state index is 0.341. The number of benzene rings is 2. The summed E-state index contributed by atoms with van der Waals surface area (Å²) in [7, 11) is -3.34. The fraction of sp³-hybridized carbons (Fsp3) is 0.235. The molecule has 6 nitrogen and oxygen atoms in total. The van der Waals surface area contributed by atoms with Crippen LogP contribution in [0.4, 0.5) is 11.4 Å². The van der Waals surface area contributed by atoms with Gasteiger partial charge < -0.3 is 10.1 Å². The maximum Gasteiger partial charge on any atom is 0.267 e. The van der Waals surface area contributed by atoms with Crippen molar-refractivity contribution in [1.82, 2.24) is 0 Å². The third kappa shape index (κ3) is 5.95. The van der Waals surface area contributed by atoms with Crippen molar-refractivity contribution >= 4 is 38.9 Å². The summed E-state index contributed by atoms with van der Waals surface area (Å²) in [5.41, 5.74) is -0.175. The van der Waals surface area contributed by atoms with Gasteiger partial charge >= 0.3 is 0 Å². The van der Waals surface area contributed by atoms with Crippen LogP contribution >= 0.6 is 11.6 Å². The molecule has 2 aromatic rings. The second-order valence-corrected chi connectivity index (χ2v) is 8.16. The molecule has 0 fully saturated rings. The first-order chi connectivity index (χ1) is 11.5. The molecule has 2 aromatic carbocycles. The lowest BCUT2D eigenvalue weighted by atomic mass is 10.1. The summed E-state index contributed by atoms with van der Waals surface area (Å²) in [6.07, 6.45) is 1.07. The summed E-state index contributed by atoms with van der Waals surface area (Å²) in [5.74, 6) is 0.184. The quantitative estimate of drug-likeness (QED) is 0.800. The maximum absolute atomic E-state index is 12.4. The van der Waals surface area contributed by atoms with Crippen LogP contribution in [0.2, 0.25) is 5.02 Å². The zero-order valence-corrected chi connectivity index (χ0v) is 15.6. The van der Waals surface area contributed by atoms with Gasteiger partial charge in [0.25, 0.3) is 5.91 Å². The second-order valence-electron chi connectivity index (χ2n) is 5.97. The van der Waals surface area contributed by atoms with E-state index in [-0.39, 0.29) is 5.91 Å². The Bertz CT molecular complexity index is 847. The van der Waals surface area contributed by atoms with Gasteiger partial charge in [0.2, 0.25) is 10.0 Å². The minimum Gasteiger partial charge on any atom is -0.478 e. The Morgan fingerprint density at radius 1 is 1.00 bits per heavy atom. The van der Waals surface area contributed by atoms with Gasteiger partial charge in [0.05, 0.1) is 6.26 Å². The number of anilines is 2. The molecule has 0 aliphatic carbocycles. The highest BCUT2D eigenvalue weighted by Crippen LogP contribution is 2.22. The van der Waals surface area contributed by atoms with E-state index in [9.17, 15) is 13.2 Å². The number of carbonyl (C=O) groups is 1.